The number of aliphatic hydroxyl groups is 2. The maximum absolute atomic E-state index is 10.5. The predicted octanol–water partition coefficient (Wildman–Crippen LogP) is 1.51. The van der Waals surface area contributed by atoms with Crippen LogP contribution in [0.15, 0.2) is 24.3 Å². The summed E-state index contributed by atoms with van der Waals surface area (Å²) in [6.45, 7) is 3.13. The van der Waals surface area contributed by atoms with Gasteiger partial charge in [-0.3, -0.25) is 9.59 Å². The molecule has 6 nitrogen and oxygen atoms in total. The fraction of sp³-hybridized carbons (Fsp3) is 0.625. The number of carbonyl (C=O) groups is 2. The molecule has 0 aliphatic rings. The third kappa shape index (κ3) is 13.3. The van der Waals surface area contributed by atoms with Crippen molar-refractivity contribution in [1.82, 2.24) is 0 Å². The van der Waals surface area contributed by atoms with E-state index in [1.54, 1.807) is 24.3 Å². The summed E-state index contributed by atoms with van der Waals surface area (Å²) in [5.41, 5.74) is 0. The molecular formula is C16H26O6. The molecule has 0 saturated carbocycles. The highest BCUT2D eigenvalue weighted by molar-refractivity contribution is 5.66. The normalized spacial score (nSPS) is 14.2. The van der Waals surface area contributed by atoms with Gasteiger partial charge in [-0.2, -0.15) is 0 Å². The van der Waals surface area contributed by atoms with Gasteiger partial charge in [-0.1, -0.05) is 24.3 Å². The zero-order valence-corrected chi connectivity index (χ0v) is 13.2. The quantitative estimate of drug-likeness (QED) is 0.443. The molecule has 0 saturated heterocycles. The Hall–Kier alpha value is -1.66. The van der Waals surface area contributed by atoms with E-state index >= 15 is 0 Å². The number of hydrogen-bond acceptors (Lipinski definition) is 6. The first-order valence-corrected chi connectivity index (χ1v) is 7.36. The standard InChI is InChI=1S/C16H26O6/c1-13(17)21-11-7-3-5-9-15(19)16(20)10-6-4-8-12-22-14(2)18/h3-4,7-8,15-16,19-20H,5-6,9-12H2,1-2H3/b7-3+,8-4+/t15-,16+. The van der Waals surface area contributed by atoms with Gasteiger partial charge in [0, 0.05) is 13.8 Å². The summed E-state index contributed by atoms with van der Waals surface area (Å²) < 4.78 is 9.44. The Kier molecular flexibility index (Phi) is 12.1. The second-order valence-electron chi connectivity index (χ2n) is 4.84. The minimum Gasteiger partial charge on any atom is -0.462 e. The molecule has 0 rings (SSSR count). The van der Waals surface area contributed by atoms with Gasteiger partial charge in [0.25, 0.3) is 0 Å². The van der Waals surface area contributed by atoms with Crippen LogP contribution in [0.1, 0.15) is 39.5 Å². The molecule has 22 heavy (non-hydrogen) atoms. The van der Waals surface area contributed by atoms with Gasteiger partial charge >= 0.3 is 11.9 Å². The lowest BCUT2D eigenvalue weighted by Crippen LogP contribution is -2.25. The van der Waals surface area contributed by atoms with Crippen LogP contribution in [0.25, 0.3) is 0 Å². The minimum absolute atomic E-state index is 0.223. The Morgan fingerprint density at radius 1 is 0.818 bits per heavy atom. The Balaban J connectivity index is 3.67. The molecule has 0 bridgehead atoms. The maximum Gasteiger partial charge on any atom is 0.302 e. The molecule has 2 atom stereocenters. The molecule has 0 aromatic rings. The lowest BCUT2D eigenvalue weighted by atomic mass is 10.0. The van der Waals surface area contributed by atoms with E-state index < -0.39 is 12.2 Å². The van der Waals surface area contributed by atoms with E-state index in [0.29, 0.717) is 25.7 Å². The van der Waals surface area contributed by atoms with Crippen LogP contribution in [-0.4, -0.2) is 47.6 Å². The van der Waals surface area contributed by atoms with Crippen LogP contribution < -0.4 is 0 Å². The average molecular weight is 314 g/mol. The number of ether oxygens (including phenoxy) is 2. The number of aliphatic hydroxyl groups excluding tert-OH is 2. The molecule has 126 valence electrons. The van der Waals surface area contributed by atoms with E-state index in [1.807, 2.05) is 0 Å². The van der Waals surface area contributed by atoms with Crippen LogP contribution in [-0.2, 0) is 19.1 Å². The van der Waals surface area contributed by atoms with Gasteiger partial charge in [0.2, 0.25) is 0 Å². The molecule has 0 aromatic heterocycles. The molecule has 0 spiro atoms. The van der Waals surface area contributed by atoms with Crippen molar-refractivity contribution in [3.05, 3.63) is 24.3 Å². The monoisotopic (exact) mass is 314 g/mol. The molecular weight excluding hydrogens is 288 g/mol. The maximum atomic E-state index is 10.5. The van der Waals surface area contributed by atoms with Gasteiger partial charge in [-0.15, -0.1) is 0 Å². The Morgan fingerprint density at radius 3 is 1.50 bits per heavy atom. The van der Waals surface area contributed by atoms with Crippen LogP contribution in [0.3, 0.4) is 0 Å². The highest BCUT2D eigenvalue weighted by atomic mass is 16.5. The lowest BCUT2D eigenvalue weighted by Gasteiger charge is -2.16. The number of carbonyl (C=O) groups excluding carboxylic acids is 2. The summed E-state index contributed by atoms with van der Waals surface area (Å²) in [5, 5.41) is 19.6. The van der Waals surface area contributed by atoms with Crippen molar-refractivity contribution in [2.75, 3.05) is 13.2 Å². The topological polar surface area (TPSA) is 93.1 Å². The van der Waals surface area contributed by atoms with Crippen molar-refractivity contribution >= 4 is 11.9 Å². The van der Waals surface area contributed by atoms with Crippen molar-refractivity contribution in [3.63, 3.8) is 0 Å². The van der Waals surface area contributed by atoms with Crippen LogP contribution >= 0.6 is 0 Å². The van der Waals surface area contributed by atoms with Gasteiger partial charge in [-0.25, -0.2) is 0 Å². The zero-order valence-electron chi connectivity index (χ0n) is 13.2. The summed E-state index contributed by atoms with van der Waals surface area (Å²) in [6.07, 6.45) is 7.51. The van der Waals surface area contributed by atoms with Crippen molar-refractivity contribution < 1.29 is 29.3 Å². The molecule has 0 heterocycles. The third-order valence-corrected chi connectivity index (χ3v) is 2.80. The second-order valence-corrected chi connectivity index (χ2v) is 4.84. The van der Waals surface area contributed by atoms with E-state index in [9.17, 15) is 19.8 Å². The van der Waals surface area contributed by atoms with Crippen LogP contribution in [0, 0.1) is 0 Å². The van der Waals surface area contributed by atoms with Gasteiger partial charge in [0.15, 0.2) is 0 Å². The van der Waals surface area contributed by atoms with E-state index in [0.717, 1.165) is 0 Å². The molecule has 0 amide bonds. The average Bonchev–Trinajstić information content (AvgIpc) is 2.45. The van der Waals surface area contributed by atoms with Crippen LogP contribution in [0.5, 0.6) is 0 Å². The molecule has 0 aliphatic carbocycles. The molecule has 6 heteroatoms. The van der Waals surface area contributed by atoms with E-state index in [1.165, 1.54) is 13.8 Å². The van der Waals surface area contributed by atoms with Crippen molar-refractivity contribution in [2.24, 2.45) is 0 Å². The number of allylic oxidation sites excluding steroid dienone is 2. The molecule has 0 fully saturated rings. The first-order chi connectivity index (χ1) is 10.4. The van der Waals surface area contributed by atoms with Gasteiger partial charge in [0.1, 0.15) is 13.2 Å². The van der Waals surface area contributed by atoms with Crippen molar-refractivity contribution in [1.29, 1.82) is 0 Å². The highest BCUT2D eigenvalue weighted by Crippen LogP contribution is 2.09. The second kappa shape index (κ2) is 13.0. The number of esters is 2. The number of rotatable bonds is 11. The van der Waals surface area contributed by atoms with Gasteiger partial charge in [-0.05, 0) is 25.7 Å². The van der Waals surface area contributed by atoms with Crippen molar-refractivity contribution in [3.8, 4) is 0 Å². The fourth-order valence-corrected chi connectivity index (χ4v) is 1.62. The van der Waals surface area contributed by atoms with Gasteiger partial charge < -0.3 is 19.7 Å². The molecule has 2 N–H and O–H groups in total. The first kappa shape index (κ1) is 20.3. The fourth-order valence-electron chi connectivity index (χ4n) is 1.62. The summed E-state index contributed by atoms with van der Waals surface area (Å²) in [4.78, 5) is 21.0. The largest absolute Gasteiger partial charge is 0.462 e. The summed E-state index contributed by atoms with van der Waals surface area (Å²) in [5.74, 6) is -0.663. The Labute approximate surface area is 131 Å². The summed E-state index contributed by atoms with van der Waals surface area (Å²) in [7, 11) is 0. The Morgan fingerprint density at radius 2 is 1.18 bits per heavy atom. The molecule has 0 radical (unpaired) electrons. The predicted molar refractivity (Wildman–Crippen MR) is 82.0 cm³/mol. The zero-order chi connectivity index (χ0) is 16.8. The SMILES string of the molecule is CC(=O)OC/C=C/CC[C@@H](O)[C@@H](O)CC/C=C/COC(C)=O. The molecule has 0 unspecified atom stereocenters. The summed E-state index contributed by atoms with van der Waals surface area (Å²) >= 11 is 0. The third-order valence-electron chi connectivity index (χ3n) is 2.80. The van der Waals surface area contributed by atoms with Crippen LogP contribution in [0.4, 0.5) is 0 Å². The van der Waals surface area contributed by atoms with E-state index in [2.05, 4.69) is 0 Å². The van der Waals surface area contributed by atoms with E-state index in [-0.39, 0.29) is 25.2 Å². The minimum atomic E-state index is -0.791. The lowest BCUT2D eigenvalue weighted by molar-refractivity contribution is -0.140. The first-order valence-electron chi connectivity index (χ1n) is 7.36. The molecule has 0 aromatic carbocycles. The highest BCUT2D eigenvalue weighted by Gasteiger charge is 2.14. The smallest absolute Gasteiger partial charge is 0.302 e. The van der Waals surface area contributed by atoms with E-state index in [4.69, 9.17) is 9.47 Å². The van der Waals surface area contributed by atoms with Gasteiger partial charge in [0.05, 0.1) is 12.2 Å². The molecule has 0 aliphatic heterocycles. The Bertz CT molecular complexity index is 339. The van der Waals surface area contributed by atoms with Crippen LogP contribution in [0.2, 0.25) is 0 Å². The summed E-state index contributed by atoms with van der Waals surface area (Å²) in [6, 6.07) is 0. The number of hydrogen-bond donors (Lipinski definition) is 2. The van der Waals surface area contributed by atoms with Crippen molar-refractivity contribution in [2.45, 2.75) is 51.7 Å².